The number of nitrogens with zero attached hydrogens (tertiary/aromatic N) is 2. The van der Waals surface area contributed by atoms with Crippen LogP contribution in [0.4, 0.5) is 0 Å². The first kappa shape index (κ1) is 27.0. The average molecular weight is 517 g/mol. The van der Waals surface area contributed by atoms with E-state index in [1.54, 1.807) is 37.1 Å². The second-order valence-corrected chi connectivity index (χ2v) is 12.8. The van der Waals surface area contributed by atoms with Crippen LogP contribution < -0.4 is 4.74 Å². The second kappa shape index (κ2) is 11.5. The molecule has 8 heteroatoms. The quantitative estimate of drug-likeness (QED) is 0.559. The minimum Gasteiger partial charge on any atom is -0.487 e. The third-order valence-corrected chi connectivity index (χ3v) is 9.82. The number of aliphatic hydroxyl groups is 1. The van der Waals surface area contributed by atoms with E-state index in [9.17, 15) is 18.3 Å². The predicted octanol–water partition coefficient (Wildman–Crippen LogP) is 3.65. The molecule has 2 saturated carbocycles. The fraction of sp³-hybridized carbons (Fsp3) is 0.679. The minimum atomic E-state index is -3.89. The zero-order chi connectivity index (χ0) is 25.9. The molecule has 3 aliphatic rings. The van der Waals surface area contributed by atoms with Gasteiger partial charge in [-0.15, -0.1) is 0 Å². The van der Waals surface area contributed by atoms with Crippen LogP contribution in [0, 0.1) is 29.6 Å². The van der Waals surface area contributed by atoms with E-state index in [0.717, 1.165) is 19.3 Å². The van der Waals surface area contributed by atoms with Crippen LogP contribution in [0.3, 0.4) is 0 Å². The molecule has 2 fully saturated rings. The normalized spacial score (nSPS) is 25.0. The Kier molecular flexibility index (Phi) is 8.64. The lowest BCUT2D eigenvalue weighted by Gasteiger charge is -2.37. The first-order valence-electron chi connectivity index (χ1n) is 13.3. The molecule has 198 valence electrons. The summed E-state index contributed by atoms with van der Waals surface area (Å²) in [7, 11) is -2.11. The lowest BCUT2D eigenvalue weighted by molar-refractivity contribution is -0.131. The highest BCUT2D eigenvalue weighted by Crippen LogP contribution is 2.35. The van der Waals surface area contributed by atoms with Crippen LogP contribution in [0.25, 0.3) is 0 Å². The van der Waals surface area contributed by atoms with Gasteiger partial charge in [0.05, 0.1) is 13.2 Å². The smallest absolute Gasteiger partial charge is 0.247 e. The molecule has 1 aliphatic heterocycles. The van der Waals surface area contributed by atoms with Crippen molar-refractivity contribution in [2.24, 2.45) is 17.8 Å². The molecule has 1 heterocycles. The lowest BCUT2D eigenvalue weighted by Crippen LogP contribution is -2.50. The molecular formula is C28H40N2O5S. The van der Waals surface area contributed by atoms with Gasteiger partial charge in [-0.25, -0.2) is 8.42 Å². The number of rotatable bonds is 7. The number of fused-ring (bicyclic) bond motifs is 1. The average Bonchev–Trinajstić information content (AvgIpc) is 3.51. The zero-order valence-corrected chi connectivity index (χ0v) is 22.6. The van der Waals surface area contributed by atoms with Crippen LogP contribution >= 0.6 is 0 Å². The summed E-state index contributed by atoms with van der Waals surface area (Å²) in [5.74, 6) is 7.78. The molecular weight excluding hydrogens is 476 g/mol. The Morgan fingerprint density at radius 1 is 1.22 bits per heavy atom. The first-order chi connectivity index (χ1) is 17.2. The molecule has 3 atom stereocenters. The number of aliphatic hydroxyl groups excluding tert-OH is 1. The van der Waals surface area contributed by atoms with E-state index in [2.05, 4.69) is 11.8 Å². The third-order valence-electron chi connectivity index (χ3n) is 7.81. The fourth-order valence-electron chi connectivity index (χ4n) is 5.13. The molecule has 0 bridgehead atoms. The summed E-state index contributed by atoms with van der Waals surface area (Å²) in [5.41, 5.74) is 0.717. The third kappa shape index (κ3) is 6.42. The van der Waals surface area contributed by atoms with Crippen LogP contribution in [0.1, 0.15) is 70.8 Å². The van der Waals surface area contributed by atoms with Crippen molar-refractivity contribution in [3.8, 4) is 17.6 Å². The largest absolute Gasteiger partial charge is 0.487 e. The van der Waals surface area contributed by atoms with Crippen LogP contribution in [-0.2, 0) is 14.8 Å². The number of likely N-dealkylation sites (N-methyl/N-ethyl adjacent to an activating group) is 1. The number of amides is 1. The molecule has 1 amide bonds. The number of carbonyl (C=O) groups excluding carboxylic acids is 1. The van der Waals surface area contributed by atoms with E-state index in [1.807, 2.05) is 6.92 Å². The molecule has 36 heavy (non-hydrogen) atoms. The summed E-state index contributed by atoms with van der Waals surface area (Å²) in [6, 6.07) is 4.43. The molecule has 0 radical (unpaired) electrons. The molecule has 0 aromatic heterocycles. The molecule has 1 N–H and O–H groups in total. The Morgan fingerprint density at radius 3 is 2.61 bits per heavy atom. The van der Waals surface area contributed by atoms with Gasteiger partial charge in [-0.05, 0) is 62.6 Å². The number of hydrogen-bond donors (Lipinski definition) is 1. The number of carbonyl (C=O) groups is 1. The van der Waals surface area contributed by atoms with Crippen LogP contribution in [0.2, 0.25) is 0 Å². The van der Waals surface area contributed by atoms with Gasteiger partial charge < -0.3 is 14.7 Å². The molecule has 7 nitrogen and oxygen atoms in total. The summed E-state index contributed by atoms with van der Waals surface area (Å²) >= 11 is 0. The number of hydrogen-bond acceptors (Lipinski definition) is 5. The van der Waals surface area contributed by atoms with Gasteiger partial charge in [0, 0.05) is 44.0 Å². The van der Waals surface area contributed by atoms with Gasteiger partial charge in [0.1, 0.15) is 16.7 Å². The molecule has 0 saturated heterocycles. The highest BCUT2D eigenvalue weighted by atomic mass is 32.2. The van der Waals surface area contributed by atoms with Gasteiger partial charge in [-0.3, -0.25) is 4.79 Å². The maximum absolute atomic E-state index is 13.6. The Hall–Kier alpha value is -2.08. The zero-order valence-electron chi connectivity index (χ0n) is 21.8. The van der Waals surface area contributed by atoms with E-state index < -0.39 is 22.2 Å². The Bertz CT molecular complexity index is 1100. The van der Waals surface area contributed by atoms with Crippen molar-refractivity contribution in [2.75, 3.05) is 26.7 Å². The van der Waals surface area contributed by atoms with Crippen LogP contribution in [0.15, 0.2) is 23.1 Å². The summed E-state index contributed by atoms with van der Waals surface area (Å²) < 4.78 is 35.0. The topological polar surface area (TPSA) is 87.2 Å². The van der Waals surface area contributed by atoms with Gasteiger partial charge in [-0.1, -0.05) is 31.6 Å². The number of sulfonamides is 1. The van der Waals surface area contributed by atoms with Gasteiger partial charge in [0.2, 0.25) is 15.9 Å². The number of benzene rings is 1. The Morgan fingerprint density at radius 2 is 1.94 bits per heavy atom. The van der Waals surface area contributed by atoms with Gasteiger partial charge in [-0.2, -0.15) is 4.31 Å². The van der Waals surface area contributed by atoms with Crippen molar-refractivity contribution in [2.45, 2.75) is 82.3 Å². The van der Waals surface area contributed by atoms with Crippen molar-refractivity contribution < 1.29 is 23.1 Å². The maximum Gasteiger partial charge on any atom is 0.247 e. The van der Waals surface area contributed by atoms with E-state index in [-0.39, 0.29) is 35.6 Å². The highest BCUT2D eigenvalue weighted by molar-refractivity contribution is 7.89. The molecule has 0 unspecified atom stereocenters. The monoisotopic (exact) mass is 516 g/mol. The van der Waals surface area contributed by atoms with Crippen molar-refractivity contribution >= 4 is 15.9 Å². The summed E-state index contributed by atoms with van der Waals surface area (Å²) in [6.07, 6.45) is 8.23. The molecule has 1 aromatic rings. The summed E-state index contributed by atoms with van der Waals surface area (Å²) in [5, 5.41) is 9.81. The van der Waals surface area contributed by atoms with Gasteiger partial charge >= 0.3 is 0 Å². The van der Waals surface area contributed by atoms with Gasteiger partial charge in [0.15, 0.2) is 0 Å². The fourth-order valence-corrected chi connectivity index (χ4v) is 6.96. The Labute approximate surface area is 216 Å². The Balaban J connectivity index is 1.63. The minimum absolute atomic E-state index is 0.0769. The van der Waals surface area contributed by atoms with Crippen molar-refractivity contribution in [1.29, 1.82) is 0 Å². The van der Waals surface area contributed by atoms with Crippen molar-refractivity contribution in [3.05, 3.63) is 23.8 Å². The first-order valence-corrected chi connectivity index (χ1v) is 14.8. The van der Waals surface area contributed by atoms with Crippen molar-refractivity contribution in [1.82, 2.24) is 9.21 Å². The lowest BCUT2D eigenvalue weighted by atomic mass is 10.0. The molecule has 4 rings (SSSR count). The van der Waals surface area contributed by atoms with Crippen molar-refractivity contribution in [3.63, 3.8) is 0 Å². The molecule has 0 spiro atoms. The maximum atomic E-state index is 13.6. The van der Waals surface area contributed by atoms with E-state index in [4.69, 9.17) is 4.74 Å². The SMILES string of the molecule is C[C@@H]1CN([C@H](C)CO)S(=O)(=O)c2ccc(C#CCC3CCCC3)cc2O[C@@H]1CN(C)C(=O)CC1CC1. The molecule has 2 aliphatic carbocycles. The van der Waals surface area contributed by atoms with Crippen LogP contribution in [0.5, 0.6) is 5.75 Å². The summed E-state index contributed by atoms with van der Waals surface area (Å²) in [6.45, 7) is 3.92. The van der Waals surface area contributed by atoms with E-state index >= 15 is 0 Å². The number of ether oxygens (including phenoxy) is 1. The highest BCUT2D eigenvalue weighted by Gasteiger charge is 2.38. The van der Waals surface area contributed by atoms with Crippen LogP contribution in [-0.4, -0.2) is 67.5 Å². The molecule has 1 aromatic carbocycles. The standard InChI is InChI=1S/C28H40N2O5S/c1-20-17-30(21(2)19-31)36(33,34)27-14-13-23(10-6-9-22-7-4-5-8-22)15-25(27)35-26(20)18-29(3)28(32)16-24-11-12-24/h13-15,20-22,24,26,31H,4-5,7-9,11-12,16-19H2,1-3H3/t20-,21-,26-/m1/s1. The predicted molar refractivity (Wildman–Crippen MR) is 139 cm³/mol. The summed E-state index contributed by atoms with van der Waals surface area (Å²) in [4.78, 5) is 14.5. The van der Waals surface area contributed by atoms with Gasteiger partial charge in [0.25, 0.3) is 0 Å². The van der Waals surface area contributed by atoms with E-state index in [1.165, 1.54) is 30.0 Å². The van der Waals surface area contributed by atoms with E-state index in [0.29, 0.717) is 30.4 Å². The second-order valence-electron chi connectivity index (χ2n) is 11.0.